The maximum atomic E-state index is 12.8. The Hall–Kier alpha value is -0.990. The van der Waals surface area contributed by atoms with E-state index >= 15 is 0 Å². The van der Waals surface area contributed by atoms with Gasteiger partial charge < -0.3 is 30.6 Å². The molecule has 10 atom stereocenters. The predicted octanol–water partition coefficient (Wildman–Crippen LogP) is 3.12. The van der Waals surface area contributed by atoms with Crippen LogP contribution in [0.1, 0.15) is 86.0 Å². The van der Waals surface area contributed by atoms with Crippen LogP contribution in [0.5, 0.6) is 0 Å². The summed E-state index contributed by atoms with van der Waals surface area (Å²) in [7, 11) is 0. The number of carboxylic acids is 1. The molecule has 0 amide bonds. The van der Waals surface area contributed by atoms with Gasteiger partial charge in [0.25, 0.3) is 0 Å². The normalized spacial score (nSPS) is 52.1. The third-order valence-electron chi connectivity index (χ3n) is 13.2. The lowest BCUT2D eigenvalue weighted by Crippen LogP contribution is -2.70. The number of allylic oxidation sites excluding steroid dienone is 2. The van der Waals surface area contributed by atoms with Gasteiger partial charge >= 0.3 is 5.97 Å². The molecule has 5 aliphatic rings. The third-order valence-corrected chi connectivity index (χ3v) is 13.2. The summed E-state index contributed by atoms with van der Waals surface area (Å²) in [5.41, 5.74) is -2.26. The minimum absolute atomic E-state index is 0.00467. The standard InChI is InChI=1S/C30H48O7/c1-25(2)10-11-30(24(36)37)18(12-25)17-6-7-20-26(3)13-19(33)23(35)29(15-31,16-32)21(26)8-9-27(20,4)28(17,5)14-22(30)34/h6,18-23,31-35H,7-16H2,1-5H3,(H,36,37)/t18-,19+,20+,21+,22-,23+,26+,27-,28+,30-/m0/s1. The van der Waals surface area contributed by atoms with E-state index in [0.29, 0.717) is 25.7 Å². The number of carboxylic acid groups (broad SMARTS) is 1. The van der Waals surface area contributed by atoms with E-state index in [-0.39, 0.29) is 41.8 Å². The van der Waals surface area contributed by atoms with Crippen LogP contribution in [-0.2, 0) is 4.79 Å². The summed E-state index contributed by atoms with van der Waals surface area (Å²) in [6, 6.07) is 0. The molecular weight excluding hydrogens is 472 g/mol. The van der Waals surface area contributed by atoms with Crippen molar-refractivity contribution in [2.45, 2.75) is 104 Å². The van der Waals surface area contributed by atoms with Gasteiger partial charge in [0.1, 0.15) is 5.41 Å². The quantitative estimate of drug-likeness (QED) is 0.314. The number of rotatable bonds is 3. The molecule has 0 aromatic carbocycles. The van der Waals surface area contributed by atoms with Crippen molar-refractivity contribution in [2.24, 2.45) is 50.2 Å². The Morgan fingerprint density at radius 3 is 2.16 bits per heavy atom. The molecule has 0 saturated heterocycles. The third kappa shape index (κ3) is 3.21. The van der Waals surface area contributed by atoms with E-state index in [9.17, 15) is 35.4 Å². The monoisotopic (exact) mass is 520 g/mol. The molecule has 7 heteroatoms. The van der Waals surface area contributed by atoms with Crippen LogP contribution in [0.3, 0.4) is 0 Å². The fourth-order valence-corrected chi connectivity index (χ4v) is 10.9. The van der Waals surface area contributed by atoms with Gasteiger partial charge in [0.15, 0.2) is 0 Å². The molecule has 4 fully saturated rings. The Bertz CT molecular complexity index is 986. The molecule has 0 aromatic rings. The maximum absolute atomic E-state index is 12.8. The van der Waals surface area contributed by atoms with Crippen molar-refractivity contribution in [3.8, 4) is 0 Å². The average molecular weight is 521 g/mol. The number of carbonyl (C=O) groups is 1. The van der Waals surface area contributed by atoms with Crippen molar-refractivity contribution < 1.29 is 35.4 Å². The molecule has 7 nitrogen and oxygen atoms in total. The van der Waals surface area contributed by atoms with Gasteiger partial charge in [-0.2, -0.15) is 0 Å². The number of aliphatic hydroxyl groups is 5. The predicted molar refractivity (Wildman–Crippen MR) is 138 cm³/mol. The van der Waals surface area contributed by atoms with Crippen molar-refractivity contribution in [1.29, 1.82) is 0 Å². The average Bonchev–Trinajstić information content (AvgIpc) is 2.80. The highest BCUT2D eigenvalue weighted by Gasteiger charge is 2.72. The Morgan fingerprint density at radius 1 is 0.919 bits per heavy atom. The highest BCUT2D eigenvalue weighted by molar-refractivity contribution is 5.77. The van der Waals surface area contributed by atoms with Crippen LogP contribution in [-0.4, -0.2) is 68.1 Å². The summed E-state index contributed by atoms with van der Waals surface area (Å²) in [5, 5.41) is 65.1. The fourth-order valence-electron chi connectivity index (χ4n) is 10.9. The van der Waals surface area contributed by atoms with Crippen molar-refractivity contribution in [2.75, 3.05) is 13.2 Å². The molecule has 0 aromatic heterocycles. The lowest BCUT2D eigenvalue weighted by molar-refractivity contribution is -0.260. The molecule has 0 spiro atoms. The highest BCUT2D eigenvalue weighted by atomic mass is 16.4. The van der Waals surface area contributed by atoms with Crippen LogP contribution < -0.4 is 0 Å². The second-order valence-electron chi connectivity index (χ2n) is 15.0. The molecule has 0 unspecified atom stereocenters. The molecule has 4 saturated carbocycles. The van der Waals surface area contributed by atoms with Gasteiger partial charge in [-0.05, 0) is 90.8 Å². The van der Waals surface area contributed by atoms with Gasteiger partial charge in [-0.3, -0.25) is 4.79 Å². The molecule has 0 radical (unpaired) electrons. The molecule has 210 valence electrons. The maximum Gasteiger partial charge on any atom is 0.312 e. The van der Waals surface area contributed by atoms with Crippen molar-refractivity contribution >= 4 is 5.97 Å². The molecule has 0 heterocycles. The zero-order valence-corrected chi connectivity index (χ0v) is 23.2. The van der Waals surface area contributed by atoms with E-state index in [1.807, 2.05) is 0 Å². The number of aliphatic carboxylic acids is 1. The highest BCUT2D eigenvalue weighted by Crippen LogP contribution is 2.75. The summed E-state index contributed by atoms with van der Waals surface area (Å²) >= 11 is 0. The van der Waals surface area contributed by atoms with Crippen molar-refractivity contribution in [1.82, 2.24) is 0 Å². The van der Waals surface area contributed by atoms with Crippen LogP contribution in [0.15, 0.2) is 11.6 Å². The van der Waals surface area contributed by atoms with E-state index in [1.54, 1.807) is 0 Å². The Kier molecular flexibility index (Phi) is 6.16. The van der Waals surface area contributed by atoms with Gasteiger partial charge in [0.2, 0.25) is 0 Å². The second-order valence-corrected chi connectivity index (χ2v) is 15.0. The molecule has 5 rings (SSSR count). The smallest absolute Gasteiger partial charge is 0.312 e. The first kappa shape index (κ1) is 27.6. The lowest BCUT2D eigenvalue weighted by atomic mass is 9.33. The Morgan fingerprint density at radius 2 is 1.57 bits per heavy atom. The Balaban J connectivity index is 1.64. The molecule has 0 aliphatic heterocycles. The first-order valence-corrected chi connectivity index (χ1v) is 14.3. The van der Waals surface area contributed by atoms with Crippen molar-refractivity contribution in [3.05, 3.63) is 11.6 Å². The first-order chi connectivity index (χ1) is 17.1. The zero-order valence-electron chi connectivity index (χ0n) is 23.2. The van der Waals surface area contributed by atoms with Crippen LogP contribution in [0.25, 0.3) is 0 Å². The van der Waals surface area contributed by atoms with Crippen molar-refractivity contribution in [3.63, 3.8) is 0 Å². The number of hydrogen-bond acceptors (Lipinski definition) is 6. The van der Waals surface area contributed by atoms with Crippen LogP contribution in [0.2, 0.25) is 0 Å². The molecule has 5 aliphatic carbocycles. The molecule has 0 bridgehead atoms. The number of fused-ring (bicyclic) bond motifs is 7. The summed E-state index contributed by atoms with van der Waals surface area (Å²) in [5.74, 6) is -1.18. The van der Waals surface area contributed by atoms with E-state index in [4.69, 9.17) is 0 Å². The van der Waals surface area contributed by atoms with E-state index in [2.05, 4.69) is 40.7 Å². The summed E-state index contributed by atoms with van der Waals surface area (Å²) in [6.07, 6.45) is 4.08. The summed E-state index contributed by atoms with van der Waals surface area (Å²) in [6.45, 7) is 10.3. The first-order valence-electron chi connectivity index (χ1n) is 14.3. The minimum Gasteiger partial charge on any atom is -0.481 e. The van der Waals surface area contributed by atoms with E-state index in [1.165, 1.54) is 5.57 Å². The van der Waals surface area contributed by atoms with Crippen LogP contribution >= 0.6 is 0 Å². The Labute approximate surface area is 221 Å². The lowest BCUT2D eigenvalue weighted by Gasteiger charge is -2.72. The zero-order chi connectivity index (χ0) is 27.4. The van der Waals surface area contributed by atoms with Crippen LogP contribution in [0, 0.1) is 50.2 Å². The largest absolute Gasteiger partial charge is 0.481 e. The summed E-state index contributed by atoms with van der Waals surface area (Å²) in [4.78, 5) is 12.8. The SMILES string of the molecule is CC1(C)CC[C@@]2(C(=O)O)[C@@H](O)C[C@]3(C)C(=CC[C@@H]4[C@@]5(C)C[C@@H](O)[C@@H](O)C(CO)(CO)[C@@H]5CC[C@@]43C)[C@@H]2C1. The van der Waals surface area contributed by atoms with E-state index < -0.39 is 45.9 Å². The minimum atomic E-state index is -1.19. The van der Waals surface area contributed by atoms with Gasteiger partial charge in [0.05, 0.1) is 31.5 Å². The van der Waals surface area contributed by atoms with Gasteiger partial charge in [0, 0.05) is 5.41 Å². The molecular formula is C30H48O7. The number of aliphatic hydroxyl groups excluding tert-OH is 5. The second kappa shape index (κ2) is 8.26. The van der Waals surface area contributed by atoms with Gasteiger partial charge in [-0.25, -0.2) is 0 Å². The molecule has 6 N–H and O–H groups in total. The number of hydrogen-bond donors (Lipinski definition) is 6. The summed E-state index contributed by atoms with van der Waals surface area (Å²) < 4.78 is 0. The van der Waals surface area contributed by atoms with Gasteiger partial charge in [-0.15, -0.1) is 0 Å². The van der Waals surface area contributed by atoms with Gasteiger partial charge in [-0.1, -0.05) is 46.3 Å². The van der Waals surface area contributed by atoms with E-state index in [0.717, 1.165) is 25.7 Å². The molecule has 37 heavy (non-hydrogen) atoms. The topological polar surface area (TPSA) is 138 Å². The van der Waals surface area contributed by atoms with Crippen LogP contribution in [0.4, 0.5) is 0 Å². The fraction of sp³-hybridized carbons (Fsp3) is 0.900.